The van der Waals surface area contributed by atoms with E-state index in [2.05, 4.69) is 93.8 Å². The summed E-state index contributed by atoms with van der Waals surface area (Å²) in [5.41, 5.74) is 5.43. The van der Waals surface area contributed by atoms with Crippen molar-refractivity contribution < 1.29 is 0 Å². The van der Waals surface area contributed by atoms with E-state index in [1.165, 1.54) is 37.6 Å². The van der Waals surface area contributed by atoms with Crippen LogP contribution in [0.1, 0.15) is 17.5 Å². The van der Waals surface area contributed by atoms with Gasteiger partial charge in [-0.05, 0) is 0 Å². The molecule has 3 rings (SSSR count). The summed E-state index contributed by atoms with van der Waals surface area (Å²) in [6.45, 7) is 8.81. The molecular formula is C19H22As2N2. The Morgan fingerprint density at radius 1 is 0.696 bits per heavy atom. The summed E-state index contributed by atoms with van der Waals surface area (Å²) in [7, 11) is 0. The fourth-order valence-electron chi connectivity index (χ4n) is 3.11. The van der Waals surface area contributed by atoms with E-state index in [1.54, 1.807) is 0 Å². The van der Waals surface area contributed by atoms with Crippen molar-refractivity contribution in [3.05, 3.63) is 47.5 Å². The average molecular weight is 428 g/mol. The van der Waals surface area contributed by atoms with Gasteiger partial charge in [-0.3, -0.25) is 0 Å². The summed E-state index contributed by atoms with van der Waals surface area (Å²) in [6, 6.07) is 13.6. The number of nitrogens with zero attached hydrogens (tertiary/aromatic N) is 2. The van der Waals surface area contributed by atoms with Crippen LogP contribution in [-0.2, 0) is 0 Å². The van der Waals surface area contributed by atoms with Crippen molar-refractivity contribution in [2.75, 3.05) is 36.0 Å². The van der Waals surface area contributed by atoms with Crippen LogP contribution in [-0.4, -0.2) is 59.9 Å². The van der Waals surface area contributed by atoms with Gasteiger partial charge in [0.1, 0.15) is 0 Å². The number of hydrogen-bond acceptors (Lipinski definition) is 2. The number of benzene rings is 2. The molecule has 4 heteroatoms. The first kappa shape index (κ1) is 17.0. The zero-order chi connectivity index (χ0) is 16.4. The van der Waals surface area contributed by atoms with E-state index in [4.69, 9.17) is 0 Å². The van der Waals surface area contributed by atoms with Crippen LogP contribution in [0.15, 0.2) is 36.4 Å². The molecule has 0 aromatic heterocycles. The van der Waals surface area contributed by atoms with E-state index in [9.17, 15) is 0 Å². The molecule has 0 N–H and O–H groups in total. The van der Waals surface area contributed by atoms with Gasteiger partial charge in [-0.2, -0.15) is 0 Å². The molecule has 0 saturated carbocycles. The molecule has 0 atom stereocenters. The molecule has 1 saturated heterocycles. The van der Waals surface area contributed by atoms with Crippen molar-refractivity contribution >= 4 is 53.8 Å². The van der Waals surface area contributed by atoms with Gasteiger partial charge in [-0.25, -0.2) is 0 Å². The molecule has 1 aliphatic rings. The first-order valence-corrected chi connectivity index (χ1v) is 10.0. The molecule has 1 fully saturated rings. The molecule has 23 heavy (non-hydrogen) atoms. The van der Waals surface area contributed by atoms with Gasteiger partial charge >= 0.3 is 158 Å². The predicted molar refractivity (Wildman–Crippen MR) is 102 cm³/mol. The zero-order valence-corrected chi connectivity index (χ0v) is 17.5. The molecule has 1 aliphatic heterocycles. The van der Waals surface area contributed by atoms with Crippen LogP contribution in [0, 0.1) is 13.8 Å². The topological polar surface area (TPSA) is 6.48 Å². The van der Waals surface area contributed by atoms with Gasteiger partial charge in [0.2, 0.25) is 0 Å². The van der Waals surface area contributed by atoms with E-state index in [0.717, 1.165) is 26.2 Å². The van der Waals surface area contributed by atoms with Crippen molar-refractivity contribution in [3.8, 4) is 0 Å². The van der Waals surface area contributed by atoms with Gasteiger partial charge in [-0.1, -0.05) is 0 Å². The second-order valence-corrected chi connectivity index (χ2v) is 8.29. The second kappa shape index (κ2) is 7.37. The maximum atomic E-state index is 2.65. The average Bonchev–Trinajstić information content (AvgIpc) is 2.79. The quantitative estimate of drug-likeness (QED) is 0.671. The summed E-state index contributed by atoms with van der Waals surface area (Å²) >= 11 is 5.31. The molecule has 2 nitrogen and oxygen atoms in total. The van der Waals surface area contributed by atoms with Crippen LogP contribution in [0.5, 0.6) is 0 Å². The minimum atomic E-state index is 1.08. The third-order valence-electron chi connectivity index (χ3n) is 4.59. The standard InChI is InChI=1S/C19H22As2N2/c1-14-12-16(4-6-18(14)20)22-8-3-9-23(11-10-22)17-5-7-19(21)15(2)13-17/h4-7,12-13H,3,8-11H2,1-2H3. The Labute approximate surface area is 157 Å². The van der Waals surface area contributed by atoms with Crippen LogP contribution in [0.4, 0.5) is 11.4 Å². The summed E-state index contributed by atoms with van der Waals surface area (Å²) in [6.07, 6.45) is 1.20. The van der Waals surface area contributed by atoms with Crippen molar-refractivity contribution in [1.82, 2.24) is 0 Å². The van der Waals surface area contributed by atoms with Gasteiger partial charge in [0, 0.05) is 0 Å². The second-order valence-electron chi connectivity index (χ2n) is 6.27. The molecule has 118 valence electrons. The summed E-state index contributed by atoms with van der Waals surface area (Å²) in [4.78, 5) is 5.05. The SMILES string of the molecule is Cc1cc(N2CCCN(c3ccc([As])c(C)c3)CC2)ccc1[As]. The van der Waals surface area contributed by atoms with Crippen molar-refractivity contribution in [2.24, 2.45) is 0 Å². The van der Waals surface area contributed by atoms with Crippen LogP contribution in [0.25, 0.3) is 0 Å². The molecule has 4 radical (unpaired) electrons. The van der Waals surface area contributed by atoms with Crippen LogP contribution >= 0.6 is 0 Å². The van der Waals surface area contributed by atoms with E-state index in [1.807, 2.05) is 0 Å². The van der Waals surface area contributed by atoms with E-state index in [0.29, 0.717) is 0 Å². The van der Waals surface area contributed by atoms with Gasteiger partial charge in [0.05, 0.1) is 0 Å². The normalized spacial score (nSPS) is 15.7. The Kier molecular flexibility index (Phi) is 5.44. The van der Waals surface area contributed by atoms with Crippen LogP contribution in [0.3, 0.4) is 0 Å². The Balaban J connectivity index is 1.73. The molecule has 2 aromatic carbocycles. The fourth-order valence-corrected chi connectivity index (χ4v) is 3.69. The van der Waals surface area contributed by atoms with Gasteiger partial charge in [0.15, 0.2) is 0 Å². The molecular weight excluding hydrogens is 406 g/mol. The van der Waals surface area contributed by atoms with Crippen LogP contribution in [0.2, 0.25) is 0 Å². The molecule has 1 heterocycles. The summed E-state index contributed by atoms with van der Waals surface area (Å²) < 4.78 is 2.62. The van der Waals surface area contributed by atoms with E-state index < -0.39 is 0 Å². The molecule has 2 aromatic rings. The molecule has 0 amide bonds. The van der Waals surface area contributed by atoms with E-state index >= 15 is 0 Å². The monoisotopic (exact) mass is 428 g/mol. The first-order valence-electron chi connectivity index (χ1n) is 8.14. The predicted octanol–water partition coefficient (Wildman–Crippen LogP) is 1.61. The third-order valence-corrected chi connectivity index (χ3v) is 6.69. The summed E-state index contributed by atoms with van der Waals surface area (Å²) in [5, 5.41) is 0. The maximum absolute atomic E-state index is 2.65. The zero-order valence-electron chi connectivity index (χ0n) is 13.8. The van der Waals surface area contributed by atoms with Crippen molar-refractivity contribution in [2.45, 2.75) is 20.3 Å². The number of hydrogen-bond donors (Lipinski definition) is 0. The molecule has 0 unspecified atom stereocenters. The van der Waals surface area contributed by atoms with E-state index in [-0.39, 0.29) is 0 Å². The Hall–Kier alpha value is -0.843. The molecule has 0 spiro atoms. The van der Waals surface area contributed by atoms with Gasteiger partial charge in [-0.15, -0.1) is 0 Å². The van der Waals surface area contributed by atoms with Gasteiger partial charge < -0.3 is 0 Å². The first-order chi connectivity index (χ1) is 11.0. The van der Waals surface area contributed by atoms with Crippen LogP contribution < -0.4 is 18.5 Å². The fraction of sp³-hybridized carbons (Fsp3) is 0.368. The Morgan fingerprint density at radius 3 is 1.52 bits per heavy atom. The number of anilines is 2. The Morgan fingerprint density at radius 2 is 1.13 bits per heavy atom. The Bertz CT molecular complexity index is 640. The minimum absolute atomic E-state index is 1.08. The molecule has 0 aliphatic carbocycles. The summed E-state index contributed by atoms with van der Waals surface area (Å²) in [5.74, 6) is 0. The number of aryl methyl sites for hydroxylation is 2. The molecule has 0 bridgehead atoms. The van der Waals surface area contributed by atoms with Crippen molar-refractivity contribution in [3.63, 3.8) is 0 Å². The van der Waals surface area contributed by atoms with Gasteiger partial charge in [0.25, 0.3) is 0 Å². The third kappa shape index (κ3) is 3.98. The number of rotatable bonds is 2. The van der Waals surface area contributed by atoms with Crippen molar-refractivity contribution in [1.29, 1.82) is 0 Å².